The highest BCUT2D eigenvalue weighted by molar-refractivity contribution is 6.30. The third kappa shape index (κ3) is 6.31. The van der Waals surface area contributed by atoms with E-state index in [0.717, 1.165) is 6.07 Å². The van der Waals surface area contributed by atoms with E-state index in [-0.39, 0.29) is 29.2 Å². The number of aliphatic hydroxyl groups excluding tert-OH is 2. The molecule has 0 aliphatic carbocycles. The predicted octanol–water partition coefficient (Wildman–Crippen LogP) is 2.56. The fourth-order valence-corrected chi connectivity index (χ4v) is 2.11. The molecule has 0 aliphatic rings. The average Bonchev–Trinajstić information content (AvgIpc) is 2.43. The lowest BCUT2D eigenvalue weighted by atomic mass is 10.0. The molecule has 0 aromatic heterocycles. The molecule has 2 atom stereocenters. The molecule has 0 bridgehead atoms. The van der Waals surface area contributed by atoms with Crippen molar-refractivity contribution in [3.8, 4) is 0 Å². The third-order valence-electron chi connectivity index (χ3n) is 2.98. The third-order valence-corrected chi connectivity index (χ3v) is 3.21. The van der Waals surface area contributed by atoms with Crippen molar-refractivity contribution < 1.29 is 24.7 Å². The first-order valence-electron chi connectivity index (χ1n) is 7.28. The summed E-state index contributed by atoms with van der Waals surface area (Å²) in [7, 11) is 0. The zero-order chi connectivity index (χ0) is 18.5. The lowest BCUT2D eigenvalue weighted by molar-refractivity contribution is -0.386. The van der Waals surface area contributed by atoms with Crippen LogP contribution in [-0.4, -0.2) is 39.5 Å². The fraction of sp³-hybridized carbons (Fsp3) is 0.533. The molecule has 0 spiro atoms. The Kier molecular flexibility index (Phi) is 6.94. The summed E-state index contributed by atoms with van der Waals surface area (Å²) in [6.45, 7) is 5.16. The van der Waals surface area contributed by atoms with E-state index in [0.29, 0.717) is 0 Å². The summed E-state index contributed by atoms with van der Waals surface area (Å²) in [6, 6.07) is 3.72. The van der Waals surface area contributed by atoms with Crippen LogP contribution >= 0.6 is 11.6 Å². The molecule has 9 heteroatoms. The smallest absolute Gasteiger partial charge is 0.407 e. The maximum atomic E-state index is 11.5. The number of nitrogens with zero attached hydrogens (tertiary/aromatic N) is 1. The number of hydrogen-bond donors (Lipinski definition) is 3. The molecule has 0 radical (unpaired) electrons. The van der Waals surface area contributed by atoms with E-state index in [1.807, 2.05) is 0 Å². The van der Waals surface area contributed by atoms with Gasteiger partial charge in [-0.25, -0.2) is 4.79 Å². The number of nitro groups is 1. The maximum absolute atomic E-state index is 11.5. The molecule has 8 nitrogen and oxygen atoms in total. The first kappa shape index (κ1) is 20.1. The van der Waals surface area contributed by atoms with Crippen LogP contribution in [0, 0.1) is 10.1 Å². The molecular weight excluding hydrogens is 340 g/mol. The van der Waals surface area contributed by atoms with Gasteiger partial charge in [0, 0.05) is 17.6 Å². The predicted molar refractivity (Wildman–Crippen MR) is 87.9 cm³/mol. The second-order valence-electron chi connectivity index (χ2n) is 6.19. The van der Waals surface area contributed by atoms with Gasteiger partial charge in [0.15, 0.2) is 0 Å². The Bertz CT molecular complexity index is 602. The van der Waals surface area contributed by atoms with Gasteiger partial charge in [0.2, 0.25) is 0 Å². The lowest BCUT2D eigenvalue weighted by Gasteiger charge is -2.21. The number of alkyl carbamates (subject to hydrolysis) is 1. The SMILES string of the molecule is CC(C)(C)OC(=O)NCCC(O)C(O)c1cc(Cl)ccc1[N+](=O)[O-]. The van der Waals surface area contributed by atoms with Gasteiger partial charge in [0.05, 0.1) is 16.6 Å². The largest absolute Gasteiger partial charge is 0.444 e. The second kappa shape index (κ2) is 8.27. The van der Waals surface area contributed by atoms with E-state index >= 15 is 0 Å². The Morgan fingerprint density at radius 2 is 2.04 bits per heavy atom. The van der Waals surface area contributed by atoms with Crippen LogP contribution in [0.15, 0.2) is 18.2 Å². The van der Waals surface area contributed by atoms with Crippen LogP contribution in [-0.2, 0) is 4.74 Å². The number of carbonyl (C=O) groups excluding carboxylic acids is 1. The van der Waals surface area contributed by atoms with Gasteiger partial charge in [0.25, 0.3) is 5.69 Å². The summed E-state index contributed by atoms with van der Waals surface area (Å²) in [6.07, 6.45) is -3.51. The Labute approximate surface area is 144 Å². The van der Waals surface area contributed by atoms with Gasteiger partial charge in [0.1, 0.15) is 11.7 Å². The monoisotopic (exact) mass is 360 g/mol. The standard InChI is InChI=1S/C15H21ClN2O6/c1-15(2,3)24-14(21)17-7-6-12(19)13(20)10-8-9(16)4-5-11(10)18(22)23/h4-5,8,12-13,19-20H,6-7H2,1-3H3,(H,17,21). The highest BCUT2D eigenvalue weighted by Crippen LogP contribution is 2.30. The van der Waals surface area contributed by atoms with Crippen molar-refractivity contribution in [1.82, 2.24) is 5.32 Å². The van der Waals surface area contributed by atoms with Crippen LogP contribution in [0.2, 0.25) is 5.02 Å². The molecule has 1 aromatic rings. The van der Waals surface area contributed by atoms with E-state index in [9.17, 15) is 25.1 Å². The molecule has 1 aromatic carbocycles. The maximum Gasteiger partial charge on any atom is 0.407 e. The number of rotatable bonds is 6. The topological polar surface area (TPSA) is 122 Å². The average molecular weight is 361 g/mol. The molecule has 1 rings (SSSR count). The molecule has 2 unspecified atom stereocenters. The van der Waals surface area contributed by atoms with Crippen molar-refractivity contribution in [1.29, 1.82) is 0 Å². The summed E-state index contributed by atoms with van der Waals surface area (Å²) in [5, 5.41) is 33.8. The van der Waals surface area contributed by atoms with E-state index in [1.54, 1.807) is 20.8 Å². The van der Waals surface area contributed by atoms with Crippen LogP contribution < -0.4 is 5.32 Å². The number of carbonyl (C=O) groups is 1. The molecule has 24 heavy (non-hydrogen) atoms. The number of hydrogen-bond acceptors (Lipinski definition) is 6. The van der Waals surface area contributed by atoms with Crippen molar-refractivity contribution in [2.45, 2.75) is 45.0 Å². The van der Waals surface area contributed by atoms with E-state index in [2.05, 4.69) is 5.32 Å². The molecule has 0 saturated heterocycles. The number of aliphatic hydroxyl groups is 2. The first-order chi connectivity index (χ1) is 11.0. The molecule has 0 heterocycles. The minimum Gasteiger partial charge on any atom is -0.444 e. The zero-order valence-corrected chi connectivity index (χ0v) is 14.4. The Morgan fingerprint density at radius 3 is 2.58 bits per heavy atom. The van der Waals surface area contributed by atoms with E-state index in [4.69, 9.17) is 16.3 Å². The number of halogens is 1. The van der Waals surface area contributed by atoms with Crippen LogP contribution in [0.1, 0.15) is 38.9 Å². The minimum absolute atomic E-state index is 0.0237. The first-order valence-corrected chi connectivity index (χ1v) is 7.66. The van der Waals surface area contributed by atoms with Crippen molar-refractivity contribution in [3.05, 3.63) is 38.9 Å². The van der Waals surface area contributed by atoms with Gasteiger partial charge in [-0.3, -0.25) is 10.1 Å². The summed E-state index contributed by atoms with van der Waals surface area (Å²) in [4.78, 5) is 21.8. The van der Waals surface area contributed by atoms with Crippen LogP contribution in [0.5, 0.6) is 0 Å². The number of benzene rings is 1. The van der Waals surface area contributed by atoms with E-state index in [1.165, 1.54) is 12.1 Å². The molecule has 134 valence electrons. The Morgan fingerprint density at radius 1 is 1.42 bits per heavy atom. The number of amides is 1. The highest BCUT2D eigenvalue weighted by atomic mass is 35.5. The van der Waals surface area contributed by atoms with Crippen molar-refractivity contribution in [2.75, 3.05) is 6.54 Å². The second-order valence-corrected chi connectivity index (χ2v) is 6.63. The Hall–Kier alpha value is -1.90. The number of nitro benzene ring substituents is 1. The summed E-state index contributed by atoms with van der Waals surface area (Å²) in [5.41, 5.74) is -1.08. The highest BCUT2D eigenvalue weighted by Gasteiger charge is 2.26. The number of ether oxygens (including phenoxy) is 1. The van der Waals surface area contributed by atoms with Gasteiger partial charge < -0.3 is 20.3 Å². The molecule has 3 N–H and O–H groups in total. The van der Waals surface area contributed by atoms with Gasteiger partial charge in [-0.2, -0.15) is 0 Å². The summed E-state index contributed by atoms with van der Waals surface area (Å²) in [5.74, 6) is 0. The van der Waals surface area contributed by atoms with Gasteiger partial charge >= 0.3 is 6.09 Å². The lowest BCUT2D eigenvalue weighted by Crippen LogP contribution is -2.34. The van der Waals surface area contributed by atoms with Crippen molar-refractivity contribution in [2.24, 2.45) is 0 Å². The van der Waals surface area contributed by atoms with Crippen LogP contribution in [0.3, 0.4) is 0 Å². The molecule has 0 aliphatic heterocycles. The van der Waals surface area contributed by atoms with Crippen molar-refractivity contribution in [3.63, 3.8) is 0 Å². The van der Waals surface area contributed by atoms with Crippen molar-refractivity contribution >= 4 is 23.4 Å². The Balaban J connectivity index is 2.66. The molecular formula is C15H21ClN2O6. The summed E-state index contributed by atoms with van der Waals surface area (Å²) < 4.78 is 5.03. The van der Waals surface area contributed by atoms with Gasteiger partial charge in [-0.1, -0.05) is 11.6 Å². The minimum atomic E-state index is -1.51. The van der Waals surface area contributed by atoms with Crippen LogP contribution in [0.4, 0.5) is 10.5 Å². The summed E-state index contributed by atoms with van der Waals surface area (Å²) >= 11 is 5.79. The zero-order valence-electron chi connectivity index (χ0n) is 13.7. The van der Waals surface area contributed by atoms with E-state index < -0.39 is 28.8 Å². The molecule has 0 saturated carbocycles. The molecule has 1 amide bonds. The van der Waals surface area contributed by atoms with Gasteiger partial charge in [-0.05, 0) is 39.3 Å². The molecule has 0 fully saturated rings. The normalized spacial score (nSPS) is 13.9. The fourth-order valence-electron chi connectivity index (χ4n) is 1.93. The van der Waals surface area contributed by atoms with Crippen LogP contribution in [0.25, 0.3) is 0 Å². The number of nitrogens with one attached hydrogen (secondary N) is 1. The quantitative estimate of drug-likeness (QED) is 0.529. The van der Waals surface area contributed by atoms with Gasteiger partial charge in [-0.15, -0.1) is 0 Å².